The third-order valence-corrected chi connectivity index (χ3v) is 1.44. The molecule has 2 rings (SSSR count). The molecule has 0 radical (unpaired) electrons. The predicted molar refractivity (Wildman–Crippen MR) is 38.7 cm³/mol. The van der Waals surface area contributed by atoms with Gasteiger partial charge in [0.2, 0.25) is 0 Å². The Labute approximate surface area is 58.5 Å². The molecule has 0 aliphatic carbocycles. The van der Waals surface area contributed by atoms with E-state index in [0.29, 0.717) is 0 Å². The van der Waals surface area contributed by atoms with Crippen molar-refractivity contribution >= 4 is 11.0 Å². The van der Waals surface area contributed by atoms with Crippen LogP contribution in [0.25, 0.3) is 11.0 Å². The summed E-state index contributed by atoms with van der Waals surface area (Å²) >= 11 is 0. The van der Waals surface area contributed by atoms with Crippen molar-refractivity contribution in [1.82, 2.24) is 4.98 Å². The number of aryl methyl sites for hydroxylation is 1. The maximum atomic E-state index is 5.33. The van der Waals surface area contributed by atoms with Gasteiger partial charge in [-0.3, -0.25) is 4.98 Å². The van der Waals surface area contributed by atoms with E-state index in [1.165, 1.54) is 0 Å². The molecule has 0 unspecified atom stereocenters. The molecule has 0 spiro atoms. The van der Waals surface area contributed by atoms with Crippen molar-refractivity contribution in [3.8, 4) is 0 Å². The number of nitrogens with zero attached hydrogens (tertiary/aromatic N) is 1. The molecule has 2 aromatic rings. The fourth-order valence-electron chi connectivity index (χ4n) is 1.02. The van der Waals surface area contributed by atoms with Gasteiger partial charge in [0.1, 0.15) is 11.3 Å². The number of furan rings is 1. The summed E-state index contributed by atoms with van der Waals surface area (Å²) in [6.45, 7) is 1.93. The number of pyridine rings is 1. The van der Waals surface area contributed by atoms with E-state index < -0.39 is 0 Å². The highest BCUT2D eigenvalue weighted by molar-refractivity contribution is 5.76. The predicted octanol–water partition coefficient (Wildman–Crippen LogP) is 2.14. The zero-order valence-electron chi connectivity index (χ0n) is 5.66. The molecule has 0 bridgehead atoms. The minimum absolute atomic E-state index is 0.910. The van der Waals surface area contributed by atoms with E-state index in [-0.39, 0.29) is 0 Å². The van der Waals surface area contributed by atoms with Gasteiger partial charge < -0.3 is 4.42 Å². The summed E-state index contributed by atoms with van der Waals surface area (Å²) in [6.07, 6.45) is 3.52. The summed E-state index contributed by atoms with van der Waals surface area (Å²) in [5.74, 6) is 0.933. The van der Waals surface area contributed by atoms with Crippen molar-refractivity contribution in [1.29, 1.82) is 0 Å². The minimum Gasteiger partial charge on any atom is -0.461 e. The average Bonchev–Trinajstić information content (AvgIpc) is 2.27. The Hall–Kier alpha value is -1.31. The highest BCUT2D eigenvalue weighted by Crippen LogP contribution is 2.15. The molecule has 2 nitrogen and oxygen atoms in total. The van der Waals surface area contributed by atoms with Crippen LogP contribution in [0.4, 0.5) is 0 Å². The monoisotopic (exact) mass is 133 g/mol. The lowest BCUT2D eigenvalue weighted by Crippen LogP contribution is -1.65. The first-order valence-corrected chi connectivity index (χ1v) is 3.16. The fourth-order valence-corrected chi connectivity index (χ4v) is 1.02. The molecular formula is C8H7NO. The minimum atomic E-state index is 0.910. The number of aromatic nitrogens is 1. The maximum absolute atomic E-state index is 5.33. The van der Waals surface area contributed by atoms with Crippen molar-refractivity contribution in [2.75, 3.05) is 0 Å². The van der Waals surface area contributed by atoms with E-state index in [9.17, 15) is 0 Å². The zero-order chi connectivity index (χ0) is 6.97. The Morgan fingerprint density at radius 3 is 3.20 bits per heavy atom. The van der Waals surface area contributed by atoms with E-state index >= 15 is 0 Å². The van der Waals surface area contributed by atoms with E-state index in [4.69, 9.17) is 4.42 Å². The molecule has 0 N–H and O–H groups in total. The lowest BCUT2D eigenvalue weighted by Gasteiger charge is -1.81. The Balaban J connectivity index is 2.88. The lowest BCUT2D eigenvalue weighted by atomic mass is 10.3. The largest absolute Gasteiger partial charge is 0.461 e. The summed E-state index contributed by atoms with van der Waals surface area (Å²) in [5.41, 5.74) is 0.910. The molecule has 50 valence electrons. The molecule has 0 saturated carbocycles. The van der Waals surface area contributed by atoms with E-state index in [1.54, 1.807) is 12.4 Å². The zero-order valence-corrected chi connectivity index (χ0v) is 5.66. The van der Waals surface area contributed by atoms with Crippen LogP contribution in [0.1, 0.15) is 5.76 Å². The van der Waals surface area contributed by atoms with Crippen LogP contribution < -0.4 is 0 Å². The van der Waals surface area contributed by atoms with Gasteiger partial charge in [-0.25, -0.2) is 0 Å². The molecule has 0 atom stereocenters. The van der Waals surface area contributed by atoms with E-state index in [2.05, 4.69) is 4.98 Å². The first-order chi connectivity index (χ1) is 4.86. The molecule has 0 aliphatic heterocycles. The van der Waals surface area contributed by atoms with Crippen LogP contribution in [0.15, 0.2) is 28.9 Å². The number of hydrogen-bond acceptors (Lipinski definition) is 2. The normalized spacial score (nSPS) is 10.5. The fraction of sp³-hybridized carbons (Fsp3) is 0.125. The van der Waals surface area contributed by atoms with Gasteiger partial charge in [-0.2, -0.15) is 0 Å². The maximum Gasteiger partial charge on any atom is 0.137 e. The van der Waals surface area contributed by atoms with Gasteiger partial charge in [-0.1, -0.05) is 0 Å². The number of fused-ring (bicyclic) bond motifs is 1. The molecule has 2 heterocycles. The van der Waals surface area contributed by atoms with Gasteiger partial charge >= 0.3 is 0 Å². The Morgan fingerprint density at radius 2 is 2.40 bits per heavy atom. The van der Waals surface area contributed by atoms with Crippen LogP contribution in [0.3, 0.4) is 0 Å². The van der Waals surface area contributed by atoms with Gasteiger partial charge in [0, 0.05) is 17.8 Å². The Kier molecular flexibility index (Phi) is 1.01. The first-order valence-electron chi connectivity index (χ1n) is 3.16. The highest BCUT2D eigenvalue weighted by Gasteiger charge is 1.96. The van der Waals surface area contributed by atoms with Crippen molar-refractivity contribution in [2.45, 2.75) is 6.92 Å². The first kappa shape index (κ1) is 5.47. The molecular weight excluding hydrogens is 126 g/mol. The van der Waals surface area contributed by atoms with Gasteiger partial charge in [0.25, 0.3) is 0 Å². The summed E-state index contributed by atoms with van der Waals surface area (Å²) in [4.78, 5) is 3.97. The summed E-state index contributed by atoms with van der Waals surface area (Å²) < 4.78 is 5.33. The Morgan fingerprint density at radius 1 is 1.50 bits per heavy atom. The third kappa shape index (κ3) is 0.692. The SMILES string of the molecule is Cc1cc2cnccc2o1. The molecule has 10 heavy (non-hydrogen) atoms. The van der Waals surface area contributed by atoms with E-state index in [1.807, 2.05) is 19.1 Å². The quantitative estimate of drug-likeness (QED) is 0.550. The molecule has 0 aromatic carbocycles. The summed E-state index contributed by atoms with van der Waals surface area (Å²) in [6, 6.07) is 3.84. The van der Waals surface area contributed by atoms with Gasteiger partial charge in [0.15, 0.2) is 0 Å². The van der Waals surface area contributed by atoms with Crippen molar-refractivity contribution < 1.29 is 4.42 Å². The third-order valence-electron chi connectivity index (χ3n) is 1.44. The van der Waals surface area contributed by atoms with Crippen molar-refractivity contribution in [3.05, 3.63) is 30.3 Å². The van der Waals surface area contributed by atoms with Crippen LogP contribution >= 0.6 is 0 Å². The summed E-state index contributed by atoms with van der Waals surface area (Å²) in [5, 5.41) is 1.07. The second kappa shape index (κ2) is 1.84. The van der Waals surface area contributed by atoms with Crippen LogP contribution in [0.2, 0.25) is 0 Å². The number of hydrogen-bond donors (Lipinski definition) is 0. The Bertz CT molecular complexity index is 318. The van der Waals surface area contributed by atoms with Crippen LogP contribution in [-0.4, -0.2) is 4.98 Å². The van der Waals surface area contributed by atoms with Gasteiger partial charge in [-0.05, 0) is 19.1 Å². The standard InChI is InChI=1S/C8H7NO/c1-6-4-7-5-9-3-2-8(7)10-6/h2-5H,1H3. The van der Waals surface area contributed by atoms with Crippen LogP contribution in [-0.2, 0) is 0 Å². The molecule has 0 aliphatic rings. The molecule has 0 amide bonds. The topological polar surface area (TPSA) is 26.0 Å². The highest BCUT2D eigenvalue weighted by atomic mass is 16.3. The second-order valence-electron chi connectivity index (χ2n) is 2.27. The molecule has 0 fully saturated rings. The molecule has 2 aromatic heterocycles. The lowest BCUT2D eigenvalue weighted by molar-refractivity contribution is 0.578. The van der Waals surface area contributed by atoms with Crippen molar-refractivity contribution in [2.24, 2.45) is 0 Å². The van der Waals surface area contributed by atoms with E-state index in [0.717, 1.165) is 16.7 Å². The number of rotatable bonds is 0. The molecule has 0 saturated heterocycles. The van der Waals surface area contributed by atoms with Gasteiger partial charge in [0.05, 0.1) is 0 Å². The summed E-state index contributed by atoms with van der Waals surface area (Å²) in [7, 11) is 0. The van der Waals surface area contributed by atoms with Crippen molar-refractivity contribution in [3.63, 3.8) is 0 Å². The molecule has 2 heteroatoms. The van der Waals surface area contributed by atoms with Crippen LogP contribution in [0, 0.1) is 6.92 Å². The van der Waals surface area contributed by atoms with Crippen LogP contribution in [0.5, 0.6) is 0 Å². The smallest absolute Gasteiger partial charge is 0.137 e. The second-order valence-corrected chi connectivity index (χ2v) is 2.27. The van der Waals surface area contributed by atoms with Gasteiger partial charge in [-0.15, -0.1) is 0 Å². The average molecular weight is 133 g/mol.